The fourth-order valence-corrected chi connectivity index (χ4v) is 3.03. The minimum atomic E-state index is -1.45. The third-order valence-electron chi connectivity index (χ3n) is 4.16. The SMILES string of the molecule is COC(=O)C1=C(C(=O)O)NC(C)=C(C(=O)OC(C)C)C1c1cccc([N+](=O)[O-])c1. The van der Waals surface area contributed by atoms with Gasteiger partial charge in [-0.05, 0) is 26.3 Å². The standard InChI is InChI=1S/C19H20N2O8/c1-9(2)29-19(25)13-10(3)20-16(17(22)23)15(18(24)28-4)14(13)11-6-5-7-12(8-11)21(26)27/h5-9,14,20H,1-4H3,(H,22,23). The summed E-state index contributed by atoms with van der Waals surface area (Å²) in [4.78, 5) is 47.6. The minimum absolute atomic E-state index is 0.0374. The minimum Gasteiger partial charge on any atom is -0.477 e. The van der Waals surface area contributed by atoms with Gasteiger partial charge in [-0.2, -0.15) is 0 Å². The Labute approximate surface area is 165 Å². The molecular formula is C19H20N2O8. The van der Waals surface area contributed by atoms with Crippen LogP contribution in [-0.2, 0) is 23.9 Å². The maximum atomic E-state index is 12.8. The molecule has 1 aliphatic rings. The topological polar surface area (TPSA) is 145 Å². The van der Waals surface area contributed by atoms with Gasteiger partial charge in [0.05, 0.1) is 35.2 Å². The summed E-state index contributed by atoms with van der Waals surface area (Å²) in [5.41, 5.74) is -0.832. The summed E-state index contributed by atoms with van der Waals surface area (Å²) < 4.78 is 9.99. The van der Waals surface area contributed by atoms with Crippen molar-refractivity contribution >= 4 is 23.6 Å². The summed E-state index contributed by atoms with van der Waals surface area (Å²) in [5, 5.41) is 23.3. The molecule has 1 atom stereocenters. The number of nitro groups is 1. The second-order valence-electron chi connectivity index (χ2n) is 6.49. The lowest BCUT2D eigenvalue weighted by atomic mass is 9.80. The number of carbonyl (C=O) groups is 3. The maximum Gasteiger partial charge on any atom is 0.352 e. The van der Waals surface area contributed by atoms with Crippen molar-refractivity contribution in [3.8, 4) is 0 Å². The van der Waals surface area contributed by atoms with Gasteiger partial charge in [-0.1, -0.05) is 12.1 Å². The average Bonchev–Trinajstić information content (AvgIpc) is 2.65. The Bertz CT molecular complexity index is 945. The molecule has 1 aliphatic heterocycles. The van der Waals surface area contributed by atoms with Crippen LogP contribution in [-0.4, -0.2) is 41.2 Å². The summed E-state index contributed by atoms with van der Waals surface area (Å²) in [7, 11) is 1.07. The van der Waals surface area contributed by atoms with Crippen molar-refractivity contribution in [2.75, 3.05) is 7.11 Å². The molecule has 2 N–H and O–H groups in total. The number of nitro benzene ring substituents is 1. The zero-order valence-electron chi connectivity index (χ0n) is 16.2. The number of methoxy groups -OCH3 is 1. The van der Waals surface area contributed by atoms with Gasteiger partial charge in [-0.25, -0.2) is 14.4 Å². The predicted octanol–water partition coefficient (Wildman–Crippen LogP) is 2.02. The average molecular weight is 404 g/mol. The molecule has 0 bridgehead atoms. The summed E-state index contributed by atoms with van der Waals surface area (Å²) in [6.07, 6.45) is -0.486. The zero-order chi connectivity index (χ0) is 21.9. The molecule has 29 heavy (non-hydrogen) atoms. The van der Waals surface area contributed by atoms with Crippen LogP contribution in [0.4, 0.5) is 5.69 Å². The number of ether oxygens (including phenoxy) is 2. The molecule has 0 radical (unpaired) electrons. The quantitative estimate of drug-likeness (QED) is 0.413. The Morgan fingerprint density at radius 1 is 1.21 bits per heavy atom. The molecule has 0 saturated carbocycles. The number of nitrogens with zero attached hydrogens (tertiary/aromatic N) is 1. The van der Waals surface area contributed by atoms with E-state index in [9.17, 15) is 29.6 Å². The Kier molecular flexibility index (Phi) is 6.37. The molecule has 0 aromatic heterocycles. The molecule has 1 aromatic rings. The lowest BCUT2D eigenvalue weighted by Crippen LogP contribution is -2.36. The van der Waals surface area contributed by atoms with E-state index < -0.39 is 40.6 Å². The molecule has 1 heterocycles. The van der Waals surface area contributed by atoms with Crippen LogP contribution >= 0.6 is 0 Å². The van der Waals surface area contributed by atoms with E-state index in [1.54, 1.807) is 13.8 Å². The van der Waals surface area contributed by atoms with Crippen molar-refractivity contribution in [1.82, 2.24) is 5.32 Å². The highest BCUT2D eigenvalue weighted by atomic mass is 16.6. The molecule has 0 saturated heterocycles. The maximum absolute atomic E-state index is 12.8. The van der Waals surface area contributed by atoms with E-state index in [1.807, 2.05) is 0 Å². The van der Waals surface area contributed by atoms with E-state index in [0.717, 1.165) is 7.11 Å². The van der Waals surface area contributed by atoms with Gasteiger partial charge in [0.2, 0.25) is 0 Å². The van der Waals surface area contributed by atoms with Gasteiger partial charge in [0.1, 0.15) is 5.70 Å². The molecule has 10 heteroatoms. The van der Waals surface area contributed by atoms with Crippen LogP contribution in [0.5, 0.6) is 0 Å². The van der Waals surface area contributed by atoms with E-state index >= 15 is 0 Å². The fraction of sp³-hybridized carbons (Fsp3) is 0.316. The molecular weight excluding hydrogens is 384 g/mol. The lowest BCUT2D eigenvalue weighted by molar-refractivity contribution is -0.384. The highest BCUT2D eigenvalue weighted by Gasteiger charge is 2.41. The zero-order valence-corrected chi connectivity index (χ0v) is 16.2. The lowest BCUT2D eigenvalue weighted by Gasteiger charge is -2.30. The van der Waals surface area contributed by atoms with Crippen molar-refractivity contribution in [2.24, 2.45) is 0 Å². The molecule has 0 amide bonds. The number of hydrogen-bond donors (Lipinski definition) is 2. The largest absolute Gasteiger partial charge is 0.477 e. The molecule has 0 fully saturated rings. The van der Waals surface area contributed by atoms with Crippen molar-refractivity contribution in [1.29, 1.82) is 0 Å². The third kappa shape index (κ3) is 4.42. The smallest absolute Gasteiger partial charge is 0.352 e. The first-order valence-corrected chi connectivity index (χ1v) is 8.57. The highest BCUT2D eigenvalue weighted by molar-refractivity contribution is 6.05. The van der Waals surface area contributed by atoms with E-state index in [1.165, 1.54) is 31.2 Å². The van der Waals surface area contributed by atoms with Crippen LogP contribution in [0.1, 0.15) is 32.3 Å². The van der Waals surface area contributed by atoms with Crippen LogP contribution in [0.25, 0.3) is 0 Å². The normalized spacial score (nSPS) is 16.4. The Hall–Kier alpha value is -3.69. The van der Waals surface area contributed by atoms with E-state index in [0.29, 0.717) is 0 Å². The van der Waals surface area contributed by atoms with Gasteiger partial charge in [0.25, 0.3) is 5.69 Å². The van der Waals surface area contributed by atoms with Crippen LogP contribution in [0, 0.1) is 10.1 Å². The highest BCUT2D eigenvalue weighted by Crippen LogP contribution is 2.40. The predicted molar refractivity (Wildman–Crippen MR) is 99.6 cm³/mol. The number of nitrogens with one attached hydrogen (secondary N) is 1. The van der Waals surface area contributed by atoms with Gasteiger partial charge >= 0.3 is 17.9 Å². The first-order chi connectivity index (χ1) is 13.6. The molecule has 10 nitrogen and oxygen atoms in total. The molecule has 0 spiro atoms. The number of aliphatic carboxylic acids is 1. The van der Waals surface area contributed by atoms with E-state index in [2.05, 4.69) is 5.32 Å². The third-order valence-corrected chi connectivity index (χ3v) is 4.16. The number of esters is 2. The number of carboxylic acid groups (broad SMARTS) is 1. The molecule has 1 aromatic carbocycles. The molecule has 154 valence electrons. The van der Waals surface area contributed by atoms with Gasteiger partial charge in [-0.15, -0.1) is 0 Å². The van der Waals surface area contributed by atoms with Gasteiger partial charge < -0.3 is 19.9 Å². The van der Waals surface area contributed by atoms with Crippen molar-refractivity contribution < 1.29 is 33.9 Å². The first-order valence-electron chi connectivity index (χ1n) is 8.57. The van der Waals surface area contributed by atoms with Crippen LogP contribution in [0.2, 0.25) is 0 Å². The second kappa shape index (κ2) is 8.55. The van der Waals surface area contributed by atoms with Crippen molar-refractivity contribution in [3.05, 3.63) is 62.5 Å². The number of rotatable bonds is 6. The van der Waals surface area contributed by atoms with Crippen molar-refractivity contribution in [3.63, 3.8) is 0 Å². The summed E-state index contributed by atoms with van der Waals surface area (Å²) in [6.45, 7) is 4.72. The van der Waals surface area contributed by atoms with Crippen molar-refractivity contribution in [2.45, 2.75) is 32.8 Å². The summed E-state index contributed by atoms with van der Waals surface area (Å²) in [6, 6.07) is 5.26. The monoisotopic (exact) mass is 404 g/mol. The first kappa shape index (κ1) is 21.6. The number of carboxylic acids is 1. The number of dihydropyridines is 1. The van der Waals surface area contributed by atoms with Crippen LogP contribution in [0.3, 0.4) is 0 Å². The van der Waals surface area contributed by atoms with Gasteiger partial charge in [0.15, 0.2) is 0 Å². The molecule has 2 rings (SSSR count). The number of hydrogen-bond acceptors (Lipinski definition) is 8. The van der Waals surface area contributed by atoms with Gasteiger partial charge in [0, 0.05) is 17.8 Å². The summed E-state index contributed by atoms with van der Waals surface area (Å²) in [5.74, 6) is -4.46. The summed E-state index contributed by atoms with van der Waals surface area (Å²) >= 11 is 0. The fourth-order valence-electron chi connectivity index (χ4n) is 3.03. The van der Waals surface area contributed by atoms with Crippen LogP contribution < -0.4 is 5.32 Å². The molecule has 0 aliphatic carbocycles. The number of benzene rings is 1. The Morgan fingerprint density at radius 2 is 1.86 bits per heavy atom. The second-order valence-corrected chi connectivity index (χ2v) is 6.49. The van der Waals surface area contributed by atoms with E-state index in [-0.39, 0.29) is 28.1 Å². The number of non-ortho nitro benzene ring substituents is 1. The Balaban J connectivity index is 2.80. The Morgan fingerprint density at radius 3 is 2.38 bits per heavy atom. The van der Waals surface area contributed by atoms with Crippen LogP contribution in [0.15, 0.2) is 46.8 Å². The van der Waals surface area contributed by atoms with Gasteiger partial charge in [-0.3, -0.25) is 10.1 Å². The number of allylic oxidation sites excluding steroid dienone is 1. The molecule has 1 unspecified atom stereocenters. The van der Waals surface area contributed by atoms with E-state index in [4.69, 9.17) is 9.47 Å². The number of carbonyl (C=O) groups excluding carboxylic acids is 2.